The third kappa shape index (κ3) is 3.17. The van der Waals surface area contributed by atoms with E-state index in [1.54, 1.807) is 0 Å². The van der Waals surface area contributed by atoms with E-state index < -0.39 is 16.0 Å². The van der Waals surface area contributed by atoms with Crippen LogP contribution in [-0.4, -0.2) is 49.6 Å². The zero-order valence-corrected chi connectivity index (χ0v) is 12.0. The van der Waals surface area contributed by atoms with Crippen LogP contribution >= 0.6 is 0 Å². The van der Waals surface area contributed by atoms with Gasteiger partial charge in [-0.05, 0) is 37.6 Å². The van der Waals surface area contributed by atoms with Gasteiger partial charge in [0.2, 0.25) is 10.0 Å². The van der Waals surface area contributed by atoms with Gasteiger partial charge in [-0.25, -0.2) is 13.2 Å². The van der Waals surface area contributed by atoms with Crippen molar-refractivity contribution >= 4 is 16.0 Å². The quantitative estimate of drug-likeness (QED) is 0.906. The van der Waals surface area contributed by atoms with Gasteiger partial charge in [0, 0.05) is 19.7 Å². The Morgan fingerprint density at radius 1 is 1.35 bits per heavy atom. The zero-order valence-electron chi connectivity index (χ0n) is 11.2. The summed E-state index contributed by atoms with van der Waals surface area (Å²) < 4.78 is 31.8. The smallest absolute Gasteiger partial charge is 0.335 e. The van der Waals surface area contributed by atoms with Gasteiger partial charge in [-0.2, -0.15) is 4.31 Å². The fraction of sp³-hybridized carbons (Fsp3) is 0.462. The second-order valence-electron chi connectivity index (χ2n) is 4.73. The molecule has 20 heavy (non-hydrogen) atoms. The van der Waals surface area contributed by atoms with Crippen molar-refractivity contribution in [2.75, 3.05) is 19.7 Å². The molecule has 0 radical (unpaired) electrons. The van der Waals surface area contributed by atoms with Crippen molar-refractivity contribution in [1.82, 2.24) is 4.31 Å². The summed E-state index contributed by atoms with van der Waals surface area (Å²) in [7, 11) is -3.60. The summed E-state index contributed by atoms with van der Waals surface area (Å²) in [5, 5.41) is 8.82. The highest BCUT2D eigenvalue weighted by Crippen LogP contribution is 2.19. The van der Waals surface area contributed by atoms with Crippen molar-refractivity contribution in [3.63, 3.8) is 0 Å². The fourth-order valence-corrected chi connectivity index (χ4v) is 3.65. The molecule has 110 valence electrons. The van der Waals surface area contributed by atoms with E-state index in [4.69, 9.17) is 9.84 Å². The molecule has 0 bridgehead atoms. The molecule has 1 aliphatic rings. The Bertz CT molecular complexity index is 581. The predicted molar refractivity (Wildman–Crippen MR) is 72.2 cm³/mol. The van der Waals surface area contributed by atoms with Crippen LogP contribution in [0.1, 0.15) is 23.7 Å². The molecule has 6 nitrogen and oxygen atoms in total. The van der Waals surface area contributed by atoms with Crippen LogP contribution in [0.15, 0.2) is 29.2 Å². The predicted octanol–water partition coefficient (Wildman–Crippen LogP) is 1.18. The molecule has 0 aliphatic carbocycles. The number of benzene rings is 1. The average molecular weight is 299 g/mol. The van der Waals surface area contributed by atoms with Crippen molar-refractivity contribution in [2.45, 2.75) is 24.3 Å². The Morgan fingerprint density at radius 2 is 2.00 bits per heavy atom. The number of rotatable bonds is 3. The molecular weight excluding hydrogens is 282 g/mol. The van der Waals surface area contributed by atoms with Gasteiger partial charge in [0.25, 0.3) is 0 Å². The largest absolute Gasteiger partial charge is 0.478 e. The number of hydrogen-bond acceptors (Lipinski definition) is 4. The molecule has 1 aliphatic heterocycles. The van der Waals surface area contributed by atoms with Crippen molar-refractivity contribution in [3.05, 3.63) is 29.8 Å². The first-order chi connectivity index (χ1) is 9.41. The van der Waals surface area contributed by atoms with Crippen LogP contribution < -0.4 is 0 Å². The summed E-state index contributed by atoms with van der Waals surface area (Å²) in [5.74, 6) is -1.08. The van der Waals surface area contributed by atoms with Crippen LogP contribution in [0.4, 0.5) is 0 Å². The Labute approximate surface area is 118 Å². The van der Waals surface area contributed by atoms with E-state index in [2.05, 4.69) is 0 Å². The lowest BCUT2D eigenvalue weighted by Gasteiger charge is -2.21. The topological polar surface area (TPSA) is 83.9 Å². The standard InChI is InChI=1S/C13H17NO5S/c1-10-9-14(7-2-8-19-10)20(17,18)12-5-3-11(4-6-12)13(15)16/h3-6,10H,2,7-9H2,1H3,(H,15,16). The van der Waals surface area contributed by atoms with Crippen molar-refractivity contribution < 1.29 is 23.1 Å². The van der Waals surface area contributed by atoms with Crippen LogP contribution in [-0.2, 0) is 14.8 Å². The van der Waals surface area contributed by atoms with Gasteiger partial charge in [-0.3, -0.25) is 0 Å². The number of nitrogens with zero attached hydrogens (tertiary/aromatic N) is 1. The van der Waals surface area contributed by atoms with Gasteiger partial charge in [0.15, 0.2) is 0 Å². The first kappa shape index (κ1) is 15.0. The average Bonchev–Trinajstić information content (AvgIpc) is 2.64. The van der Waals surface area contributed by atoms with Gasteiger partial charge in [-0.15, -0.1) is 0 Å². The van der Waals surface area contributed by atoms with E-state index in [0.717, 1.165) is 0 Å². The van der Waals surface area contributed by atoms with Gasteiger partial charge >= 0.3 is 5.97 Å². The van der Waals surface area contributed by atoms with Crippen molar-refractivity contribution in [2.24, 2.45) is 0 Å². The van der Waals surface area contributed by atoms with Gasteiger partial charge < -0.3 is 9.84 Å². The first-order valence-electron chi connectivity index (χ1n) is 6.36. The Balaban J connectivity index is 2.26. The summed E-state index contributed by atoms with van der Waals surface area (Å²) in [6, 6.07) is 5.25. The molecule has 1 unspecified atom stereocenters. The molecule has 0 amide bonds. The maximum absolute atomic E-state index is 12.5. The van der Waals surface area contributed by atoms with Gasteiger partial charge in [0.05, 0.1) is 16.6 Å². The minimum atomic E-state index is -3.60. The lowest BCUT2D eigenvalue weighted by atomic mass is 10.2. The molecule has 7 heteroatoms. The van der Waals surface area contributed by atoms with Crippen LogP contribution in [0.5, 0.6) is 0 Å². The van der Waals surface area contributed by atoms with E-state index in [1.807, 2.05) is 6.92 Å². The molecule has 1 aromatic carbocycles. The van der Waals surface area contributed by atoms with Gasteiger partial charge in [-0.1, -0.05) is 0 Å². The minimum absolute atomic E-state index is 0.0662. The Kier molecular flexibility index (Phi) is 4.42. The highest BCUT2D eigenvalue weighted by Gasteiger charge is 2.27. The lowest BCUT2D eigenvalue weighted by molar-refractivity contribution is 0.0696. The summed E-state index contributed by atoms with van der Waals surface area (Å²) in [6.45, 7) is 3.10. The highest BCUT2D eigenvalue weighted by molar-refractivity contribution is 7.89. The number of carbonyl (C=O) groups is 1. The van der Waals surface area contributed by atoms with E-state index in [9.17, 15) is 13.2 Å². The van der Waals surface area contributed by atoms with Crippen LogP contribution in [0.3, 0.4) is 0 Å². The van der Waals surface area contributed by atoms with Crippen LogP contribution in [0.25, 0.3) is 0 Å². The number of sulfonamides is 1. The third-order valence-corrected chi connectivity index (χ3v) is 5.03. The molecule has 0 spiro atoms. The second kappa shape index (κ2) is 5.90. The summed E-state index contributed by atoms with van der Waals surface area (Å²) >= 11 is 0. The number of hydrogen-bond donors (Lipinski definition) is 1. The first-order valence-corrected chi connectivity index (χ1v) is 7.80. The van der Waals surface area contributed by atoms with Crippen molar-refractivity contribution in [1.29, 1.82) is 0 Å². The molecule has 0 saturated carbocycles. The molecular formula is C13H17NO5S. The number of ether oxygens (including phenoxy) is 1. The Hall–Kier alpha value is -1.44. The second-order valence-corrected chi connectivity index (χ2v) is 6.67. The molecule has 1 N–H and O–H groups in total. The van der Waals surface area contributed by atoms with E-state index in [0.29, 0.717) is 26.1 Å². The zero-order chi connectivity index (χ0) is 14.8. The Morgan fingerprint density at radius 3 is 2.60 bits per heavy atom. The number of carboxylic acid groups (broad SMARTS) is 1. The van der Waals surface area contributed by atoms with Crippen LogP contribution in [0.2, 0.25) is 0 Å². The fourth-order valence-electron chi connectivity index (χ4n) is 2.09. The molecule has 2 rings (SSSR count). The third-order valence-electron chi connectivity index (χ3n) is 3.15. The van der Waals surface area contributed by atoms with E-state index in [-0.39, 0.29) is 16.6 Å². The molecule has 1 atom stereocenters. The highest BCUT2D eigenvalue weighted by atomic mass is 32.2. The lowest BCUT2D eigenvalue weighted by Crippen LogP contribution is -2.35. The molecule has 1 saturated heterocycles. The summed E-state index contributed by atoms with van der Waals surface area (Å²) in [4.78, 5) is 10.9. The van der Waals surface area contributed by atoms with Crippen LogP contribution in [0, 0.1) is 0 Å². The summed E-state index contributed by atoms with van der Waals surface area (Å²) in [6.07, 6.45) is 0.502. The van der Waals surface area contributed by atoms with E-state index >= 15 is 0 Å². The summed E-state index contributed by atoms with van der Waals surface area (Å²) in [5.41, 5.74) is 0.0662. The number of aromatic carboxylic acids is 1. The molecule has 1 aromatic rings. The molecule has 1 heterocycles. The maximum Gasteiger partial charge on any atom is 0.335 e. The van der Waals surface area contributed by atoms with Crippen molar-refractivity contribution in [3.8, 4) is 0 Å². The monoisotopic (exact) mass is 299 g/mol. The maximum atomic E-state index is 12.5. The minimum Gasteiger partial charge on any atom is -0.478 e. The van der Waals surface area contributed by atoms with Gasteiger partial charge in [0.1, 0.15) is 0 Å². The van der Waals surface area contributed by atoms with E-state index in [1.165, 1.54) is 28.6 Å². The number of carboxylic acids is 1. The molecule has 1 fully saturated rings. The SMILES string of the molecule is CC1CN(S(=O)(=O)c2ccc(C(=O)O)cc2)CCCO1. The molecule has 0 aromatic heterocycles. The normalized spacial score (nSPS) is 21.4.